The van der Waals surface area contributed by atoms with Crippen LogP contribution in [0.3, 0.4) is 0 Å². The monoisotopic (exact) mass is 353 g/mol. The predicted molar refractivity (Wildman–Crippen MR) is 93.5 cm³/mol. The van der Waals surface area contributed by atoms with Gasteiger partial charge in [-0.3, -0.25) is 10.1 Å². The van der Waals surface area contributed by atoms with Crippen molar-refractivity contribution in [2.75, 3.05) is 25.0 Å². The third kappa shape index (κ3) is 3.93. The highest BCUT2D eigenvalue weighted by atomic mass is 32.2. The Morgan fingerprint density at radius 3 is 2.54 bits per heavy atom. The van der Waals surface area contributed by atoms with Crippen LogP contribution in [0.5, 0.6) is 0 Å². The maximum atomic E-state index is 12.8. The highest BCUT2D eigenvalue weighted by Gasteiger charge is 2.32. The van der Waals surface area contributed by atoms with Crippen LogP contribution < -0.4 is 5.32 Å². The van der Waals surface area contributed by atoms with E-state index in [0.29, 0.717) is 19.6 Å². The molecular weight excluding hydrogens is 330 g/mol. The minimum absolute atomic E-state index is 0.0420. The van der Waals surface area contributed by atoms with E-state index in [4.69, 9.17) is 0 Å². The minimum Gasteiger partial charge on any atom is -0.376 e. The van der Waals surface area contributed by atoms with Gasteiger partial charge in [-0.25, -0.2) is 8.42 Å². The average molecular weight is 353 g/mol. The van der Waals surface area contributed by atoms with E-state index in [0.717, 1.165) is 12.5 Å². The van der Waals surface area contributed by atoms with Gasteiger partial charge in [0.25, 0.3) is 5.69 Å². The smallest absolute Gasteiger partial charge is 0.293 e. The Morgan fingerprint density at radius 1 is 1.38 bits per heavy atom. The van der Waals surface area contributed by atoms with Gasteiger partial charge < -0.3 is 5.32 Å². The van der Waals surface area contributed by atoms with Gasteiger partial charge >= 0.3 is 0 Å². The number of sulfonamides is 1. The van der Waals surface area contributed by atoms with E-state index in [1.165, 1.54) is 16.4 Å². The van der Waals surface area contributed by atoms with Gasteiger partial charge in [0.05, 0.1) is 9.82 Å². The van der Waals surface area contributed by atoms with Gasteiger partial charge in [0, 0.05) is 25.7 Å². The Hall–Kier alpha value is -1.93. The first-order chi connectivity index (χ1) is 11.3. The fourth-order valence-electron chi connectivity index (χ4n) is 3.11. The van der Waals surface area contributed by atoms with E-state index in [2.05, 4.69) is 11.9 Å². The fraction of sp³-hybridized carbons (Fsp3) is 0.500. The Labute approximate surface area is 142 Å². The van der Waals surface area contributed by atoms with Gasteiger partial charge in [-0.1, -0.05) is 19.9 Å². The van der Waals surface area contributed by atoms with Crippen LogP contribution >= 0.6 is 0 Å². The zero-order valence-electron chi connectivity index (χ0n) is 13.9. The van der Waals surface area contributed by atoms with Gasteiger partial charge in [-0.15, -0.1) is 6.58 Å². The van der Waals surface area contributed by atoms with Crippen LogP contribution in [0.25, 0.3) is 0 Å². The number of rotatable bonds is 6. The number of hydrogen-bond acceptors (Lipinski definition) is 5. The second-order valence-corrected chi connectivity index (χ2v) is 8.31. The summed E-state index contributed by atoms with van der Waals surface area (Å²) in [4.78, 5) is 10.7. The lowest BCUT2D eigenvalue weighted by atomic mass is 9.94. The second kappa shape index (κ2) is 7.31. The van der Waals surface area contributed by atoms with Crippen molar-refractivity contribution in [1.82, 2.24) is 4.31 Å². The lowest BCUT2D eigenvalue weighted by Gasteiger charge is -2.34. The molecule has 0 radical (unpaired) electrons. The molecule has 1 N–H and O–H groups in total. The fourth-order valence-corrected chi connectivity index (χ4v) is 4.81. The molecule has 1 aromatic carbocycles. The number of nitrogens with one attached hydrogen (secondary N) is 1. The second-order valence-electron chi connectivity index (χ2n) is 6.37. The molecule has 2 rings (SSSR count). The van der Waals surface area contributed by atoms with Gasteiger partial charge in [-0.05, 0) is 30.4 Å². The molecule has 0 aromatic heterocycles. The van der Waals surface area contributed by atoms with Crippen molar-refractivity contribution in [3.8, 4) is 0 Å². The summed E-state index contributed by atoms with van der Waals surface area (Å²) in [7, 11) is -3.74. The summed E-state index contributed by atoms with van der Waals surface area (Å²) in [6.45, 7) is 8.82. The lowest BCUT2D eigenvalue weighted by Crippen LogP contribution is -2.42. The van der Waals surface area contributed by atoms with E-state index in [-0.39, 0.29) is 28.1 Å². The number of piperidine rings is 1. The van der Waals surface area contributed by atoms with Crippen LogP contribution in [-0.4, -0.2) is 37.3 Å². The zero-order valence-corrected chi connectivity index (χ0v) is 14.8. The molecule has 1 fully saturated rings. The number of nitrogens with zero attached hydrogens (tertiary/aromatic N) is 2. The van der Waals surface area contributed by atoms with Crippen molar-refractivity contribution < 1.29 is 13.3 Å². The van der Waals surface area contributed by atoms with Crippen molar-refractivity contribution in [2.24, 2.45) is 11.8 Å². The van der Waals surface area contributed by atoms with Crippen molar-refractivity contribution in [1.29, 1.82) is 0 Å². The largest absolute Gasteiger partial charge is 0.376 e. The molecule has 1 aliphatic rings. The molecule has 0 bridgehead atoms. The first-order valence-corrected chi connectivity index (χ1v) is 9.33. The molecule has 8 heteroatoms. The molecule has 0 saturated carbocycles. The Kier molecular flexibility index (Phi) is 5.61. The van der Waals surface area contributed by atoms with Crippen molar-refractivity contribution in [2.45, 2.75) is 25.2 Å². The molecule has 0 aliphatic carbocycles. The molecule has 0 unspecified atom stereocenters. The maximum absolute atomic E-state index is 12.8. The maximum Gasteiger partial charge on any atom is 0.293 e. The zero-order chi connectivity index (χ0) is 17.9. The van der Waals surface area contributed by atoms with Crippen molar-refractivity contribution in [3.05, 3.63) is 41.0 Å². The molecule has 1 saturated heterocycles. The number of nitro groups is 1. The van der Waals surface area contributed by atoms with E-state index < -0.39 is 14.9 Å². The Balaban J connectivity index is 2.38. The normalized spacial score (nSPS) is 22.1. The topological polar surface area (TPSA) is 92.6 Å². The minimum atomic E-state index is -3.74. The van der Waals surface area contributed by atoms with Gasteiger partial charge in [0.1, 0.15) is 5.69 Å². The van der Waals surface area contributed by atoms with Crippen LogP contribution in [0.2, 0.25) is 0 Å². The van der Waals surface area contributed by atoms with Crippen LogP contribution in [0.1, 0.15) is 20.3 Å². The molecule has 132 valence electrons. The van der Waals surface area contributed by atoms with Crippen LogP contribution in [0.4, 0.5) is 11.4 Å². The van der Waals surface area contributed by atoms with Gasteiger partial charge in [-0.2, -0.15) is 4.31 Å². The quantitative estimate of drug-likeness (QED) is 0.482. The molecular formula is C16H23N3O4S. The molecule has 2 atom stereocenters. The predicted octanol–water partition coefficient (Wildman–Crippen LogP) is 2.86. The van der Waals surface area contributed by atoms with Gasteiger partial charge in [0.15, 0.2) is 0 Å². The summed E-state index contributed by atoms with van der Waals surface area (Å²) in [5, 5.41) is 14.1. The van der Waals surface area contributed by atoms with Crippen LogP contribution in [0, 0.1) is 22.0 Å². The highest BCUT2D eigenvalue weighted by molar-refractivity contribution is 7.89. The van der Waals surface area contributed by atoms with Crippen molar-refractivity contribution in [3.63, 3.8) is 0 Å². The molecule has 0 spiro atoms. The van der Waals surface area contributed by atoms with Crippen LogP contribution in [0.15, 0.2) is 35.7 Å². The molecule has 1 heterocycles. The summed E-state index contributed by atoms with van der Waals surface area (Å²) >= 11 is 0. The molecule has 0 amide bonds. The number of benzene rings is 1. The van der Waals surface area contributed by atoms with Crippen molar-refractivity contribution >= 4 is 21.4 Å². The van der Waals surface area contributed by atoms with E-state index in [1.54, 1.807) is 6.08 Å². The van der Waals surface area contributed by atoms with E-state index >= 15 is 0 Å². The summed E-state index contributed by atoms with van der Waals surface area (Å²) < 4.78 is 27.1. The first-order valence-electron chi connectivity index (χ1n) is 7.89. The summed E-state index contributed by atoms with van der Waals surface area (Å²) in [6.07, 6.45) is 2.56. The number of anilines is 1. The third-order valence-electron chi connectivity index (χ3n) is 4.08. The molecule has 7 nitrogen and oxygen atoms in total. The Morgan fingerprint density at radius 2 is 2.00 bits per heavy atom. The van der Waals surface area contributed by atoms with Gasteiger partial charge in [0.2, 0.25) is 10.0 Å². The Bertz CT molecular complexity index is 723. The molecule has 1 aliphatic heterocycles. The molecule has 1 aromatic rings. The average Bonchev–Trinajstić information content (AvgIpc) is 2.51. The standard InChI is InChI=1S/C16H23N3O4S/c1-4-7-17-15-6-5-14(9-16(15)19(20)21)24(22,23)18-10-12(2)8-13(3)11-18/h4-6,9,12-13,17H,1,7-8,10-11H2,2-3H3/t12-,13-/m0/s1. The summed E-state index contributed by atoms with van der Waals surface area (Å²) in [5.41, 5.74) is 0.0234. The molecule has 24 heavy (non-hydrogen) atoms. The lowest BCUT2D eigenvalue weighted by molar-refractivity contribution is -0.384. The summed E-state index contributed by atoms with van der Waals surface area (Å²) in [5.74, 6) is 0.541. The first kappa shape index (κ1) is 18.4. The van der Waals surface area contributed by atoms with E-state index in [1.807, 2.05) is 13.8 Å². The summed E-state index contributed by atoms with van der Waals surface area (Å²) in [6, 6.07) is 3.98. The SMILES string of the molecule is C=CCNc1ccc(S(=O)(=O)N2C[C@@H](C)C[C@H](C)C2)cc1[N+](=O)[O-]. The van der Waals surface area contributed by atoms with E-state index in [9.17, 15) is 18.5 Å². The number of hydrogen-bond donors (Lipinski definition) is 1. The third-order valence-corrected chi connectivity index (χ3v) is 5.90. The highest BCUT2D eigenvalue weighted by Crippen LogP contribution is 2.31. The number of nitro benzene ring substituents is 1. The van der Waals surface area contributed by atoms with Crippen LogP contribution in [-0.2, 0) is 10.0 Å².